The van der Waals surface area contributed by atoms with E-state index in [1.807, 2.05) is 0 Å². The Morgan fingerprint density at radius 1 is 1.38 bits per heavy atom. The van der Waals surface area contributed by atoms with Crippen LogP contribution in [0.2, 0.25) is 0 Å². The van der Waals surface area contributed by atoms with Crippen LogP contribution >= 0.6 is 0 Å². The second-order valence-corrected chi connectivity index (χ2v) is 2.25. The van der Waals surface area contributed by atoms with Crippen molar-refractivity contribution in [2.75, 3.05) is 5.73 Å². The molecule has 0 aliphatic carbocycles. The topological polar surface area (TPSA) is 97.7 Å². The van der Waals surface area contributed by atoms with Gasteiger partial charge in [-0.2, -0.15) is 0 Å². The minimum absolute atomic E-state index is 0. The Kier molecular flexibility index (Phi) is 7.95. The number of carboxylic acids is 1. The summed E-state index contributed by atoms with van der Waals surface area (Å²) in [7, 11) is 0. The number of para-hydroxylation sites is 1. The smallest absolute Gasteiger partial charge is 0.550 e. The van der Waals surface area contributed by atoms with E-state index in [1.54, 1.807) is 24.3 Å². The van der Waals surface area contributed by atoms with Gasteiger partial charge in [-0.25, -0.2) is 0 Å². The molecule has 4 N–H and O–H groups in total. The van der Waals surface area contributed by atoms with Crippen LogP contribution in [-0.4, -0.2) is 11.4 Å². The standard InChI is InChI=1S/C8H9NO2.Na.H2O/c9-7-4-2-1-3-6(7)5-8(10)11;;/h1-4H,5,9H2,(H,10,11);;1H2/q;+1;/p-1. The third-order valence-corrected chi connectivity index (χ3v) is 1.39. The first-order chi connectivity index (χ1) is 5.20. The minimum Gasteiger partial charge on any atom is -0.550 e. The molecule has 0 radical (unpaired) electrons. The van der Waals surface area contributed by atoms with E-state index in [4.69, 9.17) is 5.73 Å². The number of carbonyl (C=O) groups is 1. The molecule has 1 aromatic rings. The largest absolute Gasteiger partial charge is 1.00 e. The van der Waals surface area contributed by atoms with Gasteiger partial charge in [0.25, 0.3) is 0 Å². The van der Waals surface area contributed by atoms with Crippen molar-refractivity contribution in [2.24, 2.45) is 0 Å². The van der Waals surface area contributed by atoms with E-state index in [0.29, 0.717) is 11.3 Å². The Hall–Kier alpha value is -0.550. The van der Waals surface area contributed by atoms with Gasteiger partial charge in [-0.15, -0.1) is 0 Å². The monoisotopic (exact) mass is 191 g/mol. The average molecular weight is 191 g/mol. The number of carbonyl (C=O) groups excluding carboxylic acids is 1. The first-order valence-electron chi connectivity index (χ1n) is 3.23. The Balaban J connectivity index is 0. The molecule has 66 valence electrons. The second kappa shape index (κ2) is 6.91. The van der Waals surface area contributed by atoms with Gasteiger partial charge < -0.3 is 21.1 Å². The average Bonchev–Trinajstić information content (AvgIpc) is 1.93. The first kappa shape index (κ1) is 14.9. The molecule has 0 aromatic heterocycles. The Bertz CT molecular complexity index is 278. The molecule has 4 nitrogen and oxygen atoms in total. The molecule has 0 aliphatic heterocycles. The molecular weight excluding hydrogens is 181 g/mol. The summed E-state index contributed by atoms with van der Waals surface area (Å²) in [4.78, 5) is 10.2. The van der Waals surface area contributed by atoms with Crippen molar-refractivity contribution in [3.8, 4) is 0 Å². The summed E-state index contributed by atoms with van der Waals surface area (Å²) in [6, 6.07) is 6.84. The molecule has 13 heavy (non-hydrogen) atoms. The molecule has 1 aromatic carbocycles. The van der Waals surface area contributed by atoms with Gasteiger partial charge in [-0.1, -0.05) is 18.2 Å². The molecule has 0 saturated heterocycles. The van der Waals surface area contributed by atoms with Gasteiger partial charge in [-0.3, -0.25) is 0 Å². The third kappa shape index (κ3) is 4.90. The van der Waals surface area contributed by atoms with Crippen molar-refractivity contribution in [3.05, 3.63) is 29.8 Å². The maximum atomic E-state index is 10.2. The van der Waals surface area contributed by atoms with Gasteiger partial charge in [0.15, 0.2) is 0 Å². The van der Waals surface area contributed by atoms with E-state index in [0.717, 1.165) is 0 Å². The van der Waals surface area contributed by atoms with Crippen LogP contribution < -0.4 is 40.4 Å². The van der Waals surface area contributed by atoms with E-state index in [-0.39, 0.29) is 41.5 Å². The van der Waals surface area contributed by atoms with Crippen molar-refractivity contribution < 1.29 is 44.9 Å². The summed E-state index contributed by atoms with van der Waals surface area (Å²) in [6.45, 7) is 0. The molecule has 0 saturated carbocycles. The molecule has 5 heteroatoms. The molecule has 0 unspecified atom stereocenters. The summed E-state index contributed by atoms with van der Waals surface area (Å²) in [5, 5.41) is 10.2. The fourth-order valence-corrected chi connectivity index (χ4v) is 0.851. The van der Waals surface area contributed by atoms with Crippen LogP contribution in [0.5, 0.6) is 0 Å². The molecule has 0 atom stereocenters. The van der Waals surface area contributed by atoms with Gasteiger partial charge in [0, 0.05) is 18.1 Å². The summed E-state index contributed by atoms with van der Waals surface area (Å²) in [6.07, 6.45) is -0.118. The number of rotatable bonds is 2. The maximum Gasteiger partial charge on any atom is 1.00 e. The predicted octanol–water partition coefficient (Wildman–Crippen LogP) is -4.26. The predicted molar refractivity (Wildman–Crippen MR) is 43.2 cm³/mol. The Morgan fingerprint density at radius 2 is 1.92 bits per heavy atom. The van der Waals surface area contributed by atoms with Crippen molar-refractivity contribution >= 4 is 11.7 Å². The molecule has 0 bridgehead atoms. The van der Waals surface area contributed by atoms with Crippen LogP contribution in [0.25, 0.3) is 0 Å². The van der Waals surface area contributed by atoms with Crippen molar-refractivity contribution in [3.63, 3.8) is 0 Å². The fraction of sp³-hybridized carbons (Fsp3) is 0.125. The molecule has 0 amide bonds. The Labute approximate surface area is 98.4 Å². The van der Waals surface area contributed by atoms with E-state index >= 15 is 0 Å². The third-order valence-electron chi connectivity index (χ3n) is 1.39. The fourth-order valence-electron chi connectivity index (χ4n) is 0.851. The first-order valence-corrected chi connectivity index (χ1v) is 3.23. The van der Waals surface area contributed by atoms with Crippen molar-refractivity contribution in [1.29, 1.82) is 0 Å². The molecule has 0 heterocycles. The number of anilines is 1. The number of aliphatic carboxylic acids is 1. The summed E-state index contributed by atoms with van der Waals surface area (Å²) in [5.41, 5.74) is 6.58. The Morgan fingerprint density at radius 3 is 2.38 bits per heavy atom. The van der Waals surface area contributed by atoms with Crippen molar-refractivity contribution in [2.45, 2.75) is 6.42 Å². The molecule has 1 rings (SSSR count). The zero-order chi connectivity index (χ0) is 8.27. The van der Waals surface area contributed by atoms with Crippen LogP contribution in [0.3, 0.4) is 0 Å². The number of nitrogen functional groups attached to an aromatic ring is 1. The van der Waals surface area contributed by atoms with E-state index < -0.39 is 5.97 Å². The molecule has 0 aliphatic rings. The number of hydrogen-bond acceptors (Lipinski definition) is 3. The van der Waals surface area contributed by atoms with E-state index in [1.165, 1.54) is 0 Å². The van der Waals surface area contributed by atoms with Gasteiger partial charge in [0.1, 0.15) is 0 Å². The van der Waals surface area contributed by atoms with E-state index in [2.05, 4.69) is 0 Å². The quantitative estimate of drug-likeness (QED) is 0.378. The van der Waals surface area contributed by atoms with Crippen LogP contribution in [0.1, 0.15) is 5.56 Å². The zero-order valence-corrected chi connectivity index (χ0v) is 9.41. The number of hydrogen-bond donors (Lipinski definition) is 1. The van der Waals surface area contributed by atoms with E-state index in [9.17, 15) is 9.90 Å². The van der Waals surface area contributed by atoms with Crippen molar-refractivity contribution in [1.82, 2.24) is 0 Å². The van der Waals surface area contributed by atoms with Gasteiger partial charge in [0.05, 0.1) is 0 Å². The minimum atomic E-state index is -1.11. The van der Waals surface area contributed by atoms with Gasteiger partial charge in [0.2, 0.25) is 0 Å². The van der Waals surface area contributed by atoms with Gasteiger partial charge >= 0.3 is 29.6 Å². The molecule has 0 fully saturated rings. The van der Waals surface area contributed by atoms with Crippen LogP contribution in [0.15, 0.2) is 24.3 Å². The summed E-state index contributed by atoms with van der Waals surface area (Å²) in [5.74, 6) is -1.11. The van der Waals surface area contributed by atoms with Crippen LogP contribution in [0.4, 0.5) is 5.69 Å². The number of nitrogens with two attached hydrogens (primary N) is 1. The SMILES string of the molecule is Nc1ccccc1CC(=O)[O-].O.[Na+]. The van der Waals surface area contributed by atoms with Crippen LogP contribution in [0, 0.1) is 0 Å². The number of carboxylic acid groups (broad SMARTS) is 1. The molecular formula is C8H10NNaO3. The second-order valence-electron chi connectivity index (χ2n) is 2.25. The van der Waals surface area contributed by atoms with Gasteiger partial charge in [-0.05, 0) is 11.6 Å². The van der Waals surface area contributed by atoms with Crippen LogP contribution in [-0.2, 0) is 11.2 Å². The number of benzene rings is 1. The summed E-state index contributed by atoms with van der Waals surface area (Å²) < 4.78 is 0. The maximum absolute atomic E-state index is 10.2. The normalized spacial score (nSPS) is 8.00. The summed E-state index contributed by atoms with van der Waals surface area (Å²) >= 11 is 0. The molecule has 0 spiro atoms. The zero-order valence-electron chi connectivity index (χ0n) is 7.41.